The first kappa shape index (κ1) is 20.4. The summed E-state index contributed by atoms with van der Waals surface area (Å²) in [6.45, 7) is 14.8. The van der Waals surface area contributed by atoms with Crippen molar-refractivity contribution in [3.8, 4) is 0 Å². The molecule has 0 saturated heterocycles. The van der Waals surface area contributed by atoms with Crippen LogP contribution >= 0.6 is 15.9 Å². The number of fused-ring (bicyclic) bond motifs is 1. The van der Waals surface area contributed by atoms with Crippen molar-refractivity contribution in [2.45, 2.75) is 65.6 Å². The van der Waals surface area contributed by atoms with Crippen molar-refractivity contribution in [3.63, 3.8) is 0 Å². The van der Waals surface area contributed by atoms with Crippen LogP contribution in [0.15, 0.2) is 4.60 Å². The van der Waals surface area contributed by atoms with Crippen molar-refractivity contribution < 1.29 is 14.6 Å². The van der Waals surface area contributed by atoms with Crippen LogP contribution in [0, 0.1) is 5.41 Å². The van der Waals surface area contributed by atoms with Crippen LogP contribution in [-0.2, 0) is 17.9 Å². The molecule has 6 nitrogen and oxygen atoms in total. The predicted molar refractivity (Wildman–Crippen MR) is 105 cm³/mol. The Labute approximate surface area is 159 Å². The second-order valence-corrected chi connectivity index (χ2v) is 15.4. The molecule has 2 heterocycles. The van der Waals surface area contributed by atoms with Gasteiger partial charge in [-0.25, -0.2) is 9.48 Å². The van der Waals surface area contributed by atoms with E-state index in [0.717, 1.165) is 28.5 Å². The first-order chi connectivity index (χ1) is 11.4. The van der Waals surface area contributed by atoms with E-state index < -0.39 is 14.2 Å². The molecule has 8 heteroatoms. The number of rotatable bonds is 5. The Bertz CT molecular complexity index is 634. The second kappa shape index (κ2) is 7.40. The van der Waals surface area contributed by atoms with Gasteiger partial charge in [0.05, 0.1) is 6.04 Å². The summed E-state index contributed by atoms with van der Waals surface area (Å²) in [6, 6.07) is 0.897. The fraction of sp³-hybridized carbons (Fsp3) is 0.765. The standard InChI is InChI=1S/C17H30BrN3O3Si/c1-17(2,3)14-13-12(7-8-20(14)16(22)23)21(19-15(13)18)11-24-9-10-25(4,5)6/h14H,7-11H2,1-6H3,(H,22,23). The average molecular weight is 432 g/mol. The number of nitrogens with zero attached hydrogens (tertiary/aromatic N) is 3. The monoisotopic (exact) mass is 431 g/mol. The Morgan fingerprint density at radius 1 is 1.40 bits per heavy atom. The molecule has 2 rings (SSSR count). The molecular weight excluding hydrogens is 402 g/mol. The van der Waals surface area contributed by atoms with Crippen LogP contribution in [0.3, 0.4) is 0 Å². The summed E-state index contributed by atoms with van der Waals surface area (Å²) >= 11 is 3.55. The van der Waals surface area contributed by atoms with Crippen LogP contribution in [0.2, 0.25) is 25.7 Å². The van der Waals surface area contributed by atoms with E-state index in [1.165, 1.54) is 4.90 Å². The Hall–Kier alpha value is -0.863. The van der Waals surface area contributed by atoms with Crippen LogP contribution in [0.4, 0.5) is 4.79 Å². The highest BCUT2D eigenvalue weighted by atomic mass is 79.9. The largest absolute Gasteiger partial charge is 0.465 e. The normalized spacial score (nSPS) is 18.4. The summed E-state index contributed by atoms with van der Waals surface area (Å²) in [7, 11) is -1.11. The maximum atomic E-state index is 11.7. The fourth-order valence-corrected chi connectivity index (χ4v) is 4.66. The van der Waals surface area contributed by atoms with Gasteiger partial charge >= 0.3 is 6.09 Å². The molecule has 1 aliphatic heterocycles. The first-order valence-electron chi connectivity index (χ1n) is 8.74. The molecule has 1 atom stereocenters. The third kappa shape index (κ3) is 4.86. The molecular formula is C17H30BrN3O3Si. The zero-order valence-electron chi connectivity index (χ0n) is 16.1. The molecule has 0 aliphatic carbocycles. The number of carboxylic acid groups (broad SMARTS) is 1. The molecule has 142 valence electrons. The lowest BCUT2D eigenvalue weighted by molar-refractivity contribution is 0.0647. The smallest absolute Gasteiger partial charge is 0.407 e. The molecule has 1 aliphatic rings. The van der Waals surface area contributed by atoms with Crippen LogP contribution in [0.25, 0.3) is 0 Å². The highest BCUT2D eigenvalue weighted by molar-refractivity contribution is 9.10. The summed E-state index contributed by atoms with van der Waals surface area (Å²) in [4.78, 5) is 13.2. The summed E-state index contributed by atoms with van der Waals surface area (Å²) in [5.74, 6) is 0. The molecule has 1 unspecified atom stereocenters. The average Bonchev–Trinajstić information content (AvgIpc) is 2.77. The van der Waals surface area contributed by atoms with Gasteiger partial charge in [-0.3, -0.25) is 0 Å². The van der Waals surface area contributed by atoms with Gasteiger partial charge in [0.2, 0.25) is 0 Å². The van der Waals surface area contributed by atoms with E-state index in [2.05, 4.69) is 61.4 Å². The van der Waals surface area contributed by atoms with E-state index in [9.17, 15) is 9.90 Å². The Kier molecular flexibility index (Phi) is 6.05. The molecule has 0 spiro atoms. The van der Waals surface area contributed by atoms with Gasteiger partial charge in [0.15, 0.2) is 0 Å². The third-order valence-electron chi connectivity index (χ3n) is 4.50. The predicted octanol–water partition coefficient (Wildman–Crippen LogP) is 4.58. The molecule has 0 aromatic carbocycles. The molecule has 0 saturated carbocycles. The van der Waals surface area contributed by atoms with Gasteiger partial charge in [-0.1, -0.05) is 40.4 Å². The Balaban J connectivity index is 2.23. The SMILES string of the molecule is CC(C)(C)C1c2c(Br)nn(COCC[Si](C)(C)C)c2CCN1C(=O)O. The summed E-state index contributed by atoms with van der Waals surface area (Å²) in [5.41, 5.74) is 1.84. The van der Waals surface area contributed by atoms with Gasteiger partial charge < -0.3 is 14.7 Å². The van der Waals surface area contributed by atoms with Crippen molar-refractivity contribution in [1.29, 1.82) is 0 Å². The topological polar surface area (TPSA) is 67.6 Å². The number of amides is 1. The maximum Gasteiger partial charge on any atom is 0.407 e. The highest BCUT2D eigenvalue weighted by Gasteiger charge is 2.42. The quantitative estimate of drug-likeness (QED) is 0.546. The van der Waals surface area contributed by atoms with E-state index in [4.69, 9.17) is 4.74 Å². The number of aromatic nitrogens is 2. The molecule has 1 aromatic heterocycles. The molecule has 1 amide bonds. The van der Waals surface area contributed by atoms with Gasteiger partial charge in [-0.2, -0.15) is 5.10 Å². The summed E-state index contributed by atoms with van der Waals surface area (Å²) in [5, 5.41) is 14.2. The number of hydrogen-bond acceptors (Lipinski definition) is 3. The Morgan fingerprint density at radius 3 is 2.56 bits per heavy atom. The molecule has 1 aromatic rings. The van der Waals surface area contributed by atoms with Crippen molar-refractivity contribution in [2.24, 2.45) is 5.41 Å². The molecule has 0 radical (unpaired) electrons. The van der Waals surface area contributed by atoms with Gasteiger partial charge in [0.1, 0.15) is 11.3 Å². The molecule has 0 fully saturated rings. The van der Waals surface area contributed by atoms with E-state index in [1.807, 2.05) is 4.68 Å². The first-order valence-corrected chi connectivity index (χ1v) is 13.2. The van der Waals surface area contributed by atoms with Gasteiger partial charge in [-0.05, 0) is 27.4 Å². The number of carbonyl (C=O) groups is 1. The Morgan fingerprint density at radius 2 is 2.04 bits per heavy atom. The summed E-state index contributed by atoms with van der Waals surface area (Å²) < 4.78 is 8.47. The maximum absolute atomic E-state index is 11.7. The van der Waals surface area contributed by atoms with Crippen LogP contribution in [0.5, 0.6) is 0 Å². The fourth-order valence-electron chi connectivity index (χ4n) is 3.27. The van der Waals surface area contributed by atoms with Crippen molar-refractivity contribution in [2.75, 3.05) is 13.2 Å². The zero-order valence-corrected chi connectivity index (χ0v) is 18.7. The lowest BCUT2D eigenvalue weighted by Crippen LogP contribution is -2.45. The van der Waals surface area contributed by atoms with E-state index in [1.54, 1.807) is 0 Å². The summed E-state index contributed by atoms with van der Waals surface area (Å²) in [6.07, 6.45) is -0.221. The minimum absolute atomic E-state index is 0.220. The molecule has 0 bridgehead atoms. The third-order valence-corrected chi connectivity index (χ3v) is 6.79. The van der Waals surface area contributed by atoms with E-state index in [0.29, 0.717) is 19.7 Å². The van der Waals surface area contributed by atoms with E-state index >= 15 is 0 Å². The lowest BCUT2D eigenvalue weighted by atomic mass is 9.79. The van der Waals surface area contributed by atoms with Gasteiger partial charge in [0.25, 0.3) is 0 Å². The number of hydrogen-bond donors (Lipinski definition) is 1. The minimum atomic E-state index is -1.11. The number of ether oxygens (including phenoxy) is 1. The van der Waals surface area contributed by atoms with Gasteiger partial charge in [0, 0.05) is 38.9 Å². The minimum Gasteiger partial charge on any atom is -0.465 e. The van der Waals surface area contributed by atoms with Crippen molar-refractivity contribution in [1.82, 2.24) is 14.7 Å². The van der Waals surface area contributed by atoms with Crippen molar-refractivity contribution in [3.05, 3.63) is 15.9 Å². The highest BCUT2D eigenvalue weighted by Crippen LogP contribution is 2.45. The van der Waals surface area contributed by atoms with Crippen LogP contribution in [0.1, 0.15) is 38.1 Å². The molecule has 25 heavy (non-hydrogen) atoms. The molecule has 1 N–H and O–H groups in total. The lowest BCUT2D eigenvalue weighted by Gasteiger charge is -2.41. The van der Waals surface area contributed by atoms with Crippen LogP contribution in [-0.4, -0.2) is 47.1 Å². The van der Waals surface area contributed by atoms with Crippen molar-refractivity contribution >= 4 is 30.1 Å². The van der Waals surface area contributed by atoms with E-state index in [-0.39, 0.29) is 11.5 Å². The second-order valence-electron chi connectivity index (χ2n) is 8.99. The number of halogens is 1. The zero-order chi connectivity index (χ0) is 19.0. The van der Waals surface area contributed by atoms with Gasteiger partial charge in [-0.15, -0.1) is 0 Å². The van der Waals surface area contributed by atoms with Crippen LogP contribution < -0.4 is 0 Å².